The van der Waals surface area contributed by atoms with Crippen LogP contribution >= 0.6 is 23.2 Å². The predicted octanol–water partition coefficient (Wildman–Crippen LogP) is 6.21. The topological polar surface area (TPSA) is 76.5 Å². The lowest BCUT2D eigenvalue weighted by Gasteiger charge is -2.15. The van der Waals surface area contributed by atoms with Gasteiger partial charge in [0.1, 0.15) is 17.9 Å². The Labute approximate surface area is 209 Å². The SMILES string of the molecule is C/C=N\C(=C(/C)Cl)c1cc(C)nc2c(OCc3c(Cl)ccnc3CNC(=O)C3CC3)cccc12. The monoisotopic (exact) mass is 496 g/mol. The number of pyridine rings is 2. The molecule has 8 heteroatoms. The maximum Gasteiger partial charge on any atom is 0.223 e. The van der Waals surface area contributed by atoms with Gasteiger partial charge in [0.15, 0.2) is 0 Å². The van der Waals surface area contributed by atoms with Crippen LogP contribution in [-0.2, 0) is 17.9 Å². The molecule has 1 aliphatic carbocycles. The van der Waals surface area contributed by atoms with Crippen molar-refractivity contribution in [2.75, 3.05) is 0 Å². The third-order valence-electron chi connectivity index (χ3n) is 5.61. The van der Waals surface area contributed by atoms with Gasteiger partial charge in [-0.2, -0.15) is 0 Å². The number of fused-ring (bicyclic) bond motifs is 1. The van der Waals surface area contributed by atoms with E-state index in [0.29, 0.717) is 39.3 Å². The lowest BCUT2D eigenvalue weighted by molar-refractivity contribution is -0.122. The molecule has 1 aromatic carbocycles. The highest BCUT2D eigenvalue weighted by Gasteiger charge is 2.29. The zero-order valence-corrected chi connectivity index (χ0v) is 20.9. The number of ether oxygens (including phenoxy) is 1. The second-order valence-corrected chi connectivity index (χ2v) is 9.21. The fourth-order valence-corrected chi connectivity index (χ4v) is 4.13. The number of carbonyl (C=O) groups excluding carboxylic acids is 1. The van der Waals surface area contributed by atoms with E-state index in [4.69, 9.17) is 32.9 Å². The molecule has 176 valence electrons. The number of carbonyl (C=O) groups is 1. The van der Waals surface area contributed by atoms with Crippen molar-refractivity contribution >= 4 is 51.9 Å². The number of allylic oxidation sites excluding steroid dienone is 1. The summed E-state index contributed by atoms with van der Waals surface area (Å²) in [5, 5.41) is 4.97. The van der Waals surface area contributed by atoms with Crippen molar-refractivity contribution in [2.24, 2.45) is 10.9 Å². The Kier molecular flexibility index (Phi) is 7.49. The van der Waals surface area contributed by atoms with Crippen LogP contribution in [0.3, 0.4) is 0 Å². The molecule has 0 spiro atoms. The minimum Gasteiger partial charge on any atom is -0.486 e. The van der Waals surface area contributed by atoms with E-state index in [0.717, 1.165) is 35.0 Å². The minimum atomic E-state index is 0.0584. The maximum atomic E-state index is 12.1. The molecule has 0 radical (unpaired) electrons. The third-order valence-corrected chi connectivity index (χ3v) is 6.14. The smallest absolute Gasteiger partial charge is 0.223 e. The highest BCUT2D eigenvalue weighted by Crippen LogP contribution is 2.34. The first-order valence-corrected chi connectivity index (χ1v) is 11.9. The van der Waals surface area contributed by atoms with Crippen molar-refractivity contribution in [3.8, 4) is 5.75 Å². The molecule has 4 rings (SSSR count). The van der Waals surface area contributed by atoms with E-state index in [1.165, 1.54) is 0 Å². The van der Waals surface area contributed by atoms with E-state index in [2.05, 4.69) is 15.3 Å². The molecule has 0 unspecified atom stereocenters. The van der Waals surface area contributed by atoms with Crippen LogP contribution in [0.1, 0.15) is 49.2 Å². The molecule has 2 heterocycles. The number of aromatic nitrogens is 2. The Morgan fingerprint density at radius 2 is 2.12 bits per heavy atom. The van der Waals surface area contributed by atoms with Crippen LogP contribution in [0.15, 0.2) is 46.6 Å². The minimum absolute atomic E-state index is 0.0584. The van der Waals surface area contributed by atoms with E-state index < -0.39 is 0 Å². The molecule has 0 atom stereocenters. The lowest BCUT2D eigenvalue weighted by Crippen LogP contribution is -2.25. The van der Waals surface area contributed by atoms with Gasteiger partial charge < -0.3 is 10.1 Å². The molecule has 34 heavy (non-hydrogen) atoms. The number of hydrogen-bond acceptors (Lipinski definition) is 5. The lowest BCUT2D eigenvalue weighted by atomic mass is 10.0. The van der Waals surface area contributed by atoms with E-state index in [-0.39, 0.29) is 18.4 Å². The fraction of sp³-hybridized carbons (Fsp3) is 0.308. The standard InChI is InChI=1S/C26H26Cl2N4O2/c1-4-29-24(16(3)27)19-12-15(2)32-25-18(19)6-5-7-23(25)34-14-20-21(28)10-11-30-22(20)13-31-26(33)17-8-9-17/h4-7,10-12,17H,8-9,13-14H2,1-3H3,(H,31,33)/b24-16+,29-4-. The Morgan fingerprint density at radius 3 is 2.82 bits per heavy atom. The number of aliphatic imine (C=N–C) groups is 1. The number of hydrogen-bond donors (Lipinski definition) is 1. The van der Waals surface area contributed by atoms with E-state index >= 15 is 0 Å². The van der Waals surface area contributed by atoms with Crippen LogP contribution in [0.2, 0.25) is 5.02 Å². The number of nitrogens with one attached hydrogen (secondary N) is 1. The van der Waals surface area contributed by atoms with Gasteiger partial charge in [-0.1, -0.05) is 35.3 Å². The second-order valence-electron chi connectivity index (χ2n) is 8.23. The summed E-state index contributed by atoms with van der Waals surface area (Å²) in [6.07, 6.45) is 5.25. The Bertz CT molecular complexity index is 1300. The van der Waals surface area contributed by atoms with Gasteiger partial charge in [-0.25, -0.2) is 4.98 Å². The molecule has 0 saturated heterocycles. The molecule has 1 N–H and O–H groups in total. The highest BCUT2D eigenvalue weighted by molar-refractivity contribution is 6.32. The Balaban J connectivity index is 1.65. The summed E-state index contributed by atoms with van der Waals surface area (Å²) in [5.74, 6) is 0.802. The first-order valence-electron chi connectivity index (χ1n) is 11.2. The molecular weight excluding hydrogens is 471 g/mol. The van der Waals surface area contributed by atoms with Crippen LogP contribution in [0.5, 0.6) is 5.75 Å². The van der Waals surface area contributed by atoms with Crippen molar-refractivity contribution in [3.05, 3.63) is 69.1 Å². The molecule has 1 aliphatic rings. The molecule has 1 fully saturated rings. The summed E-state index contributed by atoms with van der Waals surface area (Å²) in [5.41, 5.74) is 4.54. The number of aryl methyl sites for hydroxylation is 1. The number of benzene rings is 1. The van der Waals surface area contributed by atoms with Crippen molar-refractivity contribution < 1.29 is 9.53 Å². The summed E-state index contributed by atoms with van der Waals surface area (Å²) < 4.78 is 6.22. The van der Waals surface area contributed by atoms with Crippen molar-refractivity contribution in [1.82, 2.24) is 15.3 Å². The van der Waals surface area contributed by atoms with Gasteiger partial charge in [0.05, 0.1) is 23.0 Å². The van der Waals surface area contributed by atoms with Gasteiger partial charge in [-0.05, 0) is 51.8 Å². The zero-order chi connectivity index (χ0) is 24.2. The van der Waals surface area contributed by atoms with Gasteiger partial charge in [-0.15, -0.1) is 0 Å². The maximum absolute atomic E-state index is 12.1. The molecule has 2 aromatic heterocycles. The number of amides is 1. The zero-order valence-electron chi connectivity index (χ0n) is 19.4. The molecule has 1 amide bonds. The summed E-state index contributed by atoms with van der Waals surface area (Å²) in [7, 11) is 0. The first-order chi connectivity index (χ1) is 16.4. The van der Waals surface area contributed by atoms with Crippen molar-refractivity contribution in [2.45, 2.75) is 46.8 Å². The predicted molar refractivity (Wildman–Crippen MR) is 137 cm³/mol. The normalized spacial score (nSPS) is 14.4. The molecule has 0 bridgehead atoms. The van der Waals surface area contributed by atoms with Gasteiger partial charge >= 0.3 is 0 Å². The molecule has 0 aliphatic heterocycles. The van der Waals surface area contributed by atoms with Crippen LogP contribution in [0.25, 0.3) is 16.6 Å². The number of rotatable bonds is 8. The Hall–Kier alpha value is -2.96. The summed E-state index contributed by atoms with van der Waals surface area (Å²) in [4.78, 5) is 25.7. The van der Waals surface area contributed by atoms with Crippen molar-refractivity contribution in [3.63, 3.8) is 0 Å². The number of nitrogens with zero attached hydrogens (tertiary/aromatic N) is 3. The van der Waals surface area contributed by atoms with E-state index in [1.54, 1.807) is 18.5 Å². The number of para-hydroxylation sites is 1. The number of halogens is 2. The average molecular weight is 497 g/mol. The van der Waals surface area contributed by atoms with E-state index in [1.807, 2.05) is 45.0 Å². The van der Waals surface area contributed by atoms with Gasteiger partial charge in [0, 0.05) is 45.6 Å². The Morgan fingerprint density at radius 1 is 1.32 bits per heavy atom. The fourth-order valence-electron chi connectivity index (χ4n) is 3.76. The summed E-state index contributed by atoms with van der Waals surface area (Å²) >= 11 is 12.8. The van der Waals surface area contributed by atoms with Crippen LogP contribution in [0, 0.1) is 12.8 Å². The van der Waals surface area contributed by atoms with Crippen LogP contribution in [-0.4, -0.2) is 22.1 Å². The van der Waals surface area contributed by atoms with Crippen LogP contribution in [0.4, 0.5) is 0 Å². The molecular formula is C26H26Cl2N4O2. The molecule has 6 nitrogen and oxygen atoms in total. The molecule has 1 saturated carbocycles. The average Bonchev–Trinajstić information content (AvgIpc) is 3.65. The second kappa shape index (κ2) is 10.5. The van der Waals surface area contributed by atoms with Gasteiger partial charge in [0.2, 0.25) is 5.91 Å². The summed E-state index contributed by atoms with van der Waals surface area (Å²) in [6, 6.07) is 9.46. The first kappa shape index (κ1) is 24.2. The van der Waals surface area contributed by atoms with Gasteiger partial charge in [-0.3, -0.25) is 14.8 Å². The largest absolute Gasteiger partial charge is 0.486 e. The highest BCUT2D eigenvalue weighted by atomic mass is 35.5. The van der Waals surface area contributed by atoms with Crippen molar-refractivity contribution in [1.29, 1.82) is 0 Å². The molecule has 3 aromatic rings. The van der Waals surface area contributed by atoms with Gasteiger partial charge in [0.25, 0.3) is 0 Å². The quantitative estimate of drug-likeness (QED) is 0.375. The van der Waals surface area contributed by atoms with Crippen LogP contribution < -0.4 is 10.1 Å². The summed E-state index contributed by atoms with van der Waals surface area (Å²) in [6.45, 7) is 6.10. The van der Waals surface area contributed by atoms with E-state index in [9.17, 15) is 4.79 Å². The third kappa shape index (κ3) is 5.40.